The third-order valence-electron chi connectivity index (χ3n) is 3.27. The van der Waals surface area contributed by atoms with E-state index in [9.17, 15) is 14.4 Å². The number of carbonyl (C=O) groups excluding carboxylic acids is 3. The predicted molar refractivity (Wildman–Crippen MR) is 75.8 cm³/mol. The van der Waals surface area contributed by atoms with Gasteiger partial charge in [-0.1, -0.05) is 34.1 Å². The molecule has 0 rings (SSSR count). The quantitative estimate of drug-likeness (QED) is 0.680. The van der Waals surface area contributed by atoms with E-state index < -0.39 is 18.1 Å². The van der Waals surface area contributed by atoms with Crippen molar-refractivity contribution < 1.29 is 19.1 Å². The predicted octanol–water partition coefficient (Wildman–Crippen LogP) is 0.851. The maximum atomic E-state index is 12.3. The summed E-state index contributed by atoms with van der Waals surface area (Å²) >= 11 is 0. The Bertz CT molecular complexity index is 355. The van der Waals surface area contributed by atoms with E-state index in [1.165, 1.54) is 14.0 Å². The molecule has 0 fully saturated rings. The zero-order valence-corrected chi connectivity index (χ0v) is 13.1. The summed E-state index contributed by atoms with van der Waals surface area (Å²) in [6, 6.07) is -1.36. The van der Waals surface area contributed by atoms with Crippen molar-refractivity contribution in [3.63, 3.8) is 0 Å². The van der Waals surface area contributed by atoms with E-state index >= 15 is 0 Å². The first-order valence-corrected chi connectivity index (χ1v) is 6.89. The van der Waals surface area contributed by atoms with E-state index in [4.69, 9.17) is 0 Å². The van der Waals surface area contributed by atoms with Crippen LogP contribution in [0.5, 0.6) is 0 Å². The fourth-order valence-electron chi connectivity index (χ4n) is 1.79. The Balaban J connectivity index is 4.96. The summed E-state index contributed by atoms with van der Waals surface area (Å²) in [4.78, 5) is 35.1. The van der Waals surface area contributed by atoms with Gasteiger partial charge in [-0.3, -0.25) is 9.59 Å². The second-order valence-corrected chi connectivity index (χ2v) is 5.32. The van der Waals surface area contributed by atoms with Crippen molar-refractivity contribution >= 4 is 17.8 Å². The maximum Gasteiger partial charge on any atom is 0.328 e. The molecule has 0 aliphatic heterocycles. The molecule has 0 aliphatic rings. The molecule has 0 heterocycles. The topological polar surface area (TPSA) is 84.5 Å². The third kappa shape index (κ3) is 5.59. The number of hydrogen-bond donors (Lipinski definition) is 2. The average molecular weight is 286 g/mol. The molecule has 0 bridgehead atoms. The highest BCUT2D eigenvalue weighted by Gasteiger charge is 2.31. The van der Waals surface area contributed by atoms with Crippen LogP contribution in [-0.4, -0.2) is 37.0 Å². The first-order chi connectivity index (χ1) is 9.24. The molecule has 0 aromatic carbocycles. The molecular formula is C14H26N2O4. The van der Waals surface area contributed by atoms with Crippen molar-refractivity contribution in [2.75, 3.05) is 7.11 Å². The second kappa shape index (κ2) is 8.55. The Morgan fingerprint density at radius 2 is 1.60 bits per heavy atom. The SMILES string of the molecule is CC[C@H](C)[C@@H](NC(C)=O)C(=O)N[C@H](C(=O)OC)C(C)C. The van der Waals surface area contributed by atoms with Gasteiger partial charge in [-0.2, -0.15) is 0 Å². The van der Waals surface area contributed by atoms with Crippen molar-refractivity contribution in [3.8, 4) is 0 Å². The highest BCUT2D eigenvalue weighted by molar-refractivity contribution is 5.90. The lowest BCUT2D eigenvalue weighted by atomic mass is 9.97. The molecule has 0 radical (unpaired) electrons. The zero-order chi connectivity index (χ0) is 15.9. The van der Waals surface area contributed by atoms with E-state index in [1.54, 1.807) is 0 Å². The van der Waals surface area contributed by atoms with E-state index in [2.05, 4.69) is 15.4 Å². The standard InChI is InChI=1S/C14H26N2O4/c1-7-9(4)12(15-10(5)17)13(18)16-11(8(2)3)14(19)20-6/h8-9,11-12H,7H2,1-6H3,(H,15,17)(H,16,18)/t9-,11-,12+/m0/s1. The summed E-state index contributed by atoms with van der Waals surface area (Å²) < 4.78 is 4.68. The molecule has 2 N–H and O–H groups in total. The molecule has 0 unspecified atom stereocenters. The molecule has 2 amide bonds. The zero-order valence-electron chi connectivity index (χ0n) is 13.1. The van der Waals surface area contributed by atoms with E-state index in [0.717, 1.165) is 6.42 Å². The van der Waals surface area contributed by atoms with Crippen molar-refractivity contribution in [1.29, 1.82) is 0 Å². The second-order valence-electron chi connectivity index (χ2n) is 5.32. The van der Waals surface area contributed by atoms with Crippen molar-refractivity contribution in [1.82, 2.24) is 10.6 Å². The number of amides is 2. The fraction of sp³-hybridized carbons (Fsp3) is 0.786. The molecule has 0 spiro atoms. The molecule has 0 saturated heterocycles. The van der Waals surface area contributed by atoms with Gasteiger partial charge in [-0.05, 0) is 11.8 Å². The summed E-state index contributed by atoms with van der Waals surface area (Å²) in [6.45, 7) is 8.82. The van der Waals surface area contributed by atoms with Gasteiger partial charge in [0.05, 0.1) is 7.11 Å². The molecule has 0 aromatic rings. The minimum Gasteiger partial charge on any atom is -0.467 e. The van der Waals surface area contributed by atoms with Crippen LogP contribution in [0.4, 0.5) is 0 Å². The van der Waals surface area contributed by atoms with Crippen LogP contribution >= 0.6 is 0 Å². The molecular weight excluding hydrogens is 260 g/mol. The first-order valence-electron chi connectivity index (χ1n) is 6.89. The lowest BCUT2D eigenvalue weighted by Gasteiger charge is -2.26. The Labute approximate surface area is 120 Å². The van der Waals surface area contributed by atoms with E-state index in [0.29, 0.717) is 0 Å². The van der Waals surface area contributed by atoms with E-state index in [1.807, 2.05) is 27.7 Å². The first kappa shape index (κ1) is 18.4. The number of nitrogens with one attached hydrogen (secondary N) is 2. The summed E-state index contributed by atoms with van der Waals surface area (Å²) in [5.74, 6) is -1.24. The van der Waals surface area contributed by atoms with Crippen LogP contribution in [0.15, 0.2) is 0 Å². The number of rotatable bonds is 7. The largest absolute Gasteiger partial charge is 0.467 e. The number of hydrogen-bond acceptors (Lipinski definition) is 4. The Morgan fingerprint density at radius 3 is 1.95 bits per heavy atom. The molecule has 0 aromatic heterocycles. The third-order valence-corrected chi connectivity index (χ3v) is 3.27. The van der Waals surface area contributed by atoms with Gasteiger partial charge in [0, 0.05) is 6.92 Å². The van der Waals surface area contributed by atoms with Gasteiger partial charge in [-0.25, -0.2) is 4.79 Å². The Morgan fingerprint density at radius 1 is 1.05 bits per heavy atom. The van der Waals surface area contributed by atoms with Gasteiger partial charge in [0.2, 0.25) is 11.8 Å². The van der Waals surface area contributed by atoms with Gasteiger partial charge >= 0.3 is 5.97 Å². The van der Waals surface area contributed by atoms with Crippen molar-refractivity contribution in [3.05, 3.63) is 0 Å². The molecule has 0 saturated carbocycles. The smallest absolute Gasteiger partial charge is 0.328 e. The van der Waals surface area contributed by atoms with Gasteiger partial charge in [-0.15, -0.1) is 0 Å². The normalized spacial score (nSPS) is 15.2. The minimum atomic E-state index is -0.715. The van der Waals surface area contributed by atoms with Gasteiger partial charge in [0.25, 0.3) is 0 Å². The molecule has 0 aliphatic carbocycles. The van der Waals surface area contributed by atoms with Crippen LogP contribution in [0.25, 0.3) is 0 Å². The van der Waals surface area contributed by atoms with Crippen LogP contribution in [-0.2, 0) is 19.1 Å². The Kier molecular flexibility index (Phi) is 7.87. The van der Waals surface area contributed by atoms with Gasteiger partial charge in [0.1, 0.15) is 12.1 Å². The lowest BCUT2D eigenvalue weighted by molar-refractivity contribution is -0.146. The van der Waals surface area contributed by atoms with E-state index in [-0.39, 0.29) is 23.7 Å². The van der Waals surface area contributed by atoms with Gasteiger partial charge in [0.15, 0.2) is 0 Å². The highest BCUT2D eigenvalue weighted by Crippen LogP contribution is 2.10. The molecule has 20 heavy (non-hydrogen) atoms. The van der Waals surface area contributed by atoms with Crippen molar-refractivity contribution in [2.24, 2.45) is 11.8 Å². The van der Waals surface area contributed by atoms with Gasteiger partial charge < -0.3 is 15.4 Å². The van der Waals surface area contributed by atoms with Crippen LogP contribution < -0.4 is 10.6 Å². The number of carbonyl (C=O) groups is 3. The number of esters is 1. The van der Waals surface area contributed by atoms with Crippen LogP contribution in [0.2, 0.25) is 0 Å². The molecule has 6 nitrogen and oxygen atoms in total. The van der Waals surface area contributed by atoms with Crippen LogP contribution in [0, 0.1) is 11.8 Å². The van der Waals surface area contributed by atoms with Crippen molar-refractivity contribution in [2.45, 2.75) is 53.1 Å². The van der Waals surface area contributed by atoms with Crippen LogP contribution in [0.3, 0.4) is 0 Å². The number of ether oxygens (including phenoxy) is 1. The highest BCUT2D eigenvalue weighted by atomic mass is 16.5. The molecule has 6 heteroatoms. The Hall–Kier alpha value is -1.59. The summed E-state index contributed by atoms with van der Waals surface area (Å²) in [5, 5.41) is 5.29. The fourth-order valence-corrected chi connectivity index (χ4v) is 1.79. The lowest BCUT2D eigenvalue weighted by Crippen LogP contribution is -2.55. The average Bonchev–Trinajstić information content (AvgIpc) is 2.39. The number of methoxy groups -OCH3 is 1. The summed E-state index contributed by atoms with van der Waals surface area (Å²) in [5.41, 5.74) is 0. The minimum absolute atomic E-state index is 0.0237. The summed E-state index contributed by atoms with van der Waals surface area (Å²) in [6.07, 6.45) is 0.739. The molecule has 3 atom stereocenters. The monoisotopic (exact) mass is 286 g/mol. The van der Waals surface area contributed by atoms with Crippen LogP contribution in [0.1, 0.15) is 41.0 Å². The summed E-state index contributed by atoms with van der Waals surface area (Å²) in [7, 11) is 1.28. The molecule has 116 valence electrons. The maximum absolute atomic E-state index is 12.3.